The molecule has 4 nitrogen and oxygen atoms in total. The van der Waals surface area contributed by atoms with Crippen LogP contribution in [0.2, 0.25) is 0 Å². The lowest BCUT2D eigenvalue weighted by atomic mass is 10.0. The van der Waals surface area contributed by atoms with Gasteiger partial charge in [0.1, 0.15) is 5.78 Å². The number of nitro benzene ring substituents is 1. The summed E-state index contributed by atoms with van der Waals surface area (Å²) >= 11 is 2.95. The maximum absolute atomic E-state index is 12.6. The van der Waals surface area contributed by atoms with E-state index < -0.39 is 22.6 Å². The average molecular weight is 308 g/mol. The molecule has 0 spiro atoms. The first-order chi connectivity index (χ1) is 7.95. The van der Waals surface area contributed by atoms with Gasteiger partial charge in [0.05, 0.1) is 15.8 Å². The summed E-state index contributed by atoms with van der Waals surface area (Å²) in [5.74, 6) is -0.181. The zero-order chi connectivity index (χ0) is 13.0. The standard InChI is InChI=1S/C10H8BrF2NO3/c11-5-7(15)3-6-1-2-9(14(16)17)8(4-6)10(12)13/h1-2,4,10H,3,5H2. The van der Waals surface area contributed by atoms with Crippen molar-refractivity contribution in [3.05, 3.63) is 39.4 Å². The van der Waals surface area contributed by atoms with Crippen LogP contribution in [0.15, 0.2) is 18.2 Å². The molecule has 0 bridgehead atoms. The van der Waals surface area contributed by atoms with Crippen molar-refractivity contribution in [2.75, 3.05) is 5.33 Å². The normalized spacial score (nSPS) is 10.6. The van der Waals surface area contributed by atoms with E-state index in [0.717, 1.165) is 12.1 Å². The highest BCUT2D eigenvalue weighted by Gasteiger charge is 2.22. The Bertz CT molecular complexity index is 451. The van der Waals surface area contributed by atoms with E-state index in [-0.39, 0.29) is 17.5 Å². The molecule has 0 aliphatic rings. The summed E-state index contributed by atoms with van der Waals surface area (Å²) in [7, 11) is 0. The Balaban J connectivity index is 3.10. The van der Waals surface area contributed by atoms with Gasteiger partial charge in [-0.15, -0.1) is 0 Å². The fraction of sp³-hybridized carbons (Fsp3) is 0.300. The van der Waals surface area contributed by atoms with Gasteiger partial charge in [0.15, 0.2) is 0 Å². The van der Waals surface area contributed by atoms with E-state index >= 15 is 0 Å². The number of hydrogen-bond donors (Lipinski definition) is 0. The first-order valence-corrected chi connectivity index (χ1v) is 5.71. The summed E-state index contributed by atoms with van der Waals surface area (Å²) in [6, 6.07) is 3.31. The van der Waals surface area contributed by atoms with Crippen LogP contribution in [0.1, 0.15) is 17.6 Å². The minimum Gasteiger partial charge on any atom is -0.298 e. The number of Topliss-reactive ketones (excluding diaryl/α,β-unsaturated/α-hetero) is 1. The maximum Gasteiger partial charge on any atom is 0.278 e. The van der Waals surface area contributed by atoms with E-state index in [1.54, 1.807) is 0 Å². The average Bonchev–Trinajstić information content (AvgIpc) is 2.28. The Morgan fingerprint density at radius 1 is 1.47 bits per heavy atom. The molecule has 17 heavy (non-hydrogen) atoms. The third-order valence-electron chi connectivity index (χ3n) is 2.07. The van der Waals surface area contributed by atoms with Gasteiger partial charge in [0.25, 0.3) is 12.1 Å². The predicted molar refractivity (Wildman–Crippen MR) is 60.6 cm³/mol. The second-order valence-electron chi connectivity index (χ2n) is 3.30. The molecule has 0 amide bonds. The van der Waals surface area contributed by atoms with Gasteiger partial charge in [-0.2, -0.15) is 0 Å². The second kappa shape index (κ2) is 5.81. The Kier molecular flexibility index (Phi) is 4.68. The van der Waals surface area contributed by atoms with Crippen molar-refractivity contribution < 1.29 is 18.5 Å². The topological polar surface area (TPSA) is 60.2 Å². The summed E-state index contributed by atoms with van der Waals surface area (Å²) in [6.45, 7) is 0. The van der Waals surface area contributed by atoms with Crippen LogP contribution in [-0.2, 0) is 11.2 Å². The van der Waals surface area contributed by atoms with Crippen molar-refractivity contribution in [3.8, 4) is 0 Å². The van der Waals surface area contributed by atoms with Crippen LogP contribution < -0.4 is 0 Å². The molecule has 0 fully saturated rings. The van der Waals surface area contributed by atoms with Gasteiger partial charge in [-0.05, 0) is 11.6 Å². The van der Waals surface area contributed by atoms with Crippen LogP contribution in [0.4, 0.5) is 14.5 Å². The molecule has 0 aromatic heterocycles. The Labute approximate surface area is 104 Å². The van der Waals surface area contributed by atoms with Crippen LogP contribution in [0.25, 0.3) is 0 Å². The zero-order valence-electron chi connectivity index (χ0n) is 8.53. The van der Waals surface area contributed by atoms with Crippen LogP contribution in [-0.4, -0.2) is 16.0 Å². The Hall–Kier alpha value is -1.37. The van der Waals surface area contributed by atoms with Crippen LogP contribution in [0, 0.1) is 10.1 Å². The molecule has 0 heterocycles. The molecule has 92 valence electrons. The number of nitro groups is 1. The van der Waals surface area contributed by atoms with Gasteiger partial charge in [0.2, 0.25) is 0 Å². The molecule has 0 unspecified atom stereocenters. The second-order valence-corrected chi connectivity index (χ2v) is 3.86. The first kappa shape index (κ1) is 13.7. The zero-order valence-corrected chi connectivity index (χ0v) is 10.1. The molecule has 7 heteroatoms. The molecule has 1 aromatic rings. The molecule has 1 aromatic carbocycles. The van der Waals surface area contributed by atoms with Crippen molar-refractivity contribution in [2.45, 2.75) is 12.8 Å². The van der Waals surface area contributed by atoms with E-state index in [4.69, 9.17) is 0 Å². The van der Waals surface area contributed by atoms with E-state index in [2.05, 4.69) is 15.9 Å². The number of carbonyl (C=O) groups excluding carboxylic acids is 1. The molecule has 0 saturated heterocycles. The fourth-order valence-corrected chi connectivity index (χ4v) is 1.53. The minimum absolute atomic E-state index is 0.0248. The molecule has 0 radical (unpaired) electrons. The lowest BCUT2D eigenvalue weighted by Crippen LogP contribution is -2.05. The number of benzene rings is 1. The van der Waals surface area contributed by atoms with Gasteiger partial charge in [-0.25, -0.2) is 8.78 Å². The SMILES string of the molecule is O=C(CBr)Cc1ccc([N+](=O)[O-])c(C(F)F)c1. The van der Waals surface area contributed by atoms with Crippen LogP contribution in [0.5, 0.6) is 0 Å². The monoisotopic (exact) mass is 307 g/mol. The number of ketones is 1. The molecule has 0 atom stereocenters. The minimum atomic E-state index is -2.94. The van der Waals surface area contributed by atoms with Crippen molar-refractivity contribution in [1.29, 1.82) is 0 Å². The Morgan fingerprint density at radius 3 is 2.59 bits per heavy atom. The van der Waals surface area contributed by atoms with Crippen molar-refractivity contribution in [1.82, 2.24) is 0 Å². The van der Waals surface area contributed by atoms with Crippen molar-refractivity contribution in [2.24, 2.45) is 0 Å². The van der Waals surface area contributed by atoms with Gasteiger partial charge < -0.3 is 0 Å². The highest BCUT2D eigenvalue weighted by molar-refractivity contribution is 9.09. The van der Waals surface area contributed by atoms with E-state index in [1.165, 1.54) is 6.07 Å². The summed E-state index contributed by atoms with van der Waals surface area (Å²) in [6.07, 6.45) is -2.96. The highest BCUT2D eigenvalue weighted by atomic mass is 79.9. The summed E-state index contributed by atoms with van der Waals surface area (Å²) < 4.78 is 25.2. The van der Waals surface area contributed by atoms with Gasteiger partial charge in [-0.1, -0.05) is 22.0 Å². The van der Waals surface area contributed by atoms with Gasteiger partial charge in [-0.3, -0.25) is 14.9 Å². The lowest BCUT2D eigenvalue weighted by molar-refractivity contribution is -0.386. The number of halogens is 3. The number of carbonyl (C=O) groups is 1. The van der Waals surface area contributed by atoms with Crippen LogP contribution in [0.3, 0.4) is 0 Å². The summed E-state index contributed by atoms with van der Waals surface area (Å²) in [5.41, 5.74) is -0.944. The quantitative estimate of drug-likeness (QED) is 0.477. The predicted octanol–water partition coefficient (Wildman–Crippen LogP) is 3.04. The molecule has 0 aliphatic carbocycles. The lowest BCUT2D eigenvalue weighted by Gasteiger charge is -2.04. The number of rotatable bonds is 5. The third-order valence-corrected chi connectivity index (χ3v) is 2.70. The molecular weight excluding hydrogens is 300 g/mol. The van der Waals surface area contributed by atoms with E-state index in [1.807, 2.05) is 0 Å². The maximum atomic E-state index is 12.6. The third kappa shape index (κ3) is 3.55. The number of alkyl halides is 3. The molecule has 0 aliphatic heterocycles. The van der Waals surface area contributed by atoms with Crippen LogP contribution >= 0.6 is 15.9 Å². The van der Waals surface area contributed by atoms with Crippen molar-refractivity contribution >= 4 is 27.4 Å². The van der Waals surface area contributed by atoms with Gasteiger partial charge in [0, 0.05) is 12.5 Å². The molecule has 0 N–H and O–H groups in total. The Morgan fingerprint density at radius 2 is 2.12 bits per heavy atom. The largest absolute Gasteiger partial charge is 0.298 e. The van der Waals surface area contributed by atoms with E-state index in [9.17, 15) is 23.7 Å². The summed E-state index contributed by atoms with van der Waals surface area (Å²) in [4.78, 5) is 20.8. The van der Waals surface area contributed by atoms with E-state index in [0.29, 0.717) is 5.56 Å². The number of nitrogens with zero attached hydrogens (tertiary/aromatic N) is 1. The highest BCUT2D eigenvalue weighted by Crippen LogP contribution is 2.29. The first-order valence-electron chi connectivity index (χ1n) is 4.58. The fourth-order valence-electron chi connectivity index (χ4n) is 1.33. The van der Waals surface area contributed by atoms with Gasteiger partial charge >= 0.3 is 0 Å². The molecular formula is C10H8BrF2NO3. The van der Waals surface area contributed by atoms with Crippen molar-refractivity contribution in [3.63, 3.8) is 0 Å². The molecule has 1 rings (SSSR count). The number of hydrogen-bond acceptors (Lipinski definition) is 3. The summed E-state index contributed by atoms with van der Waals surface area (Å²) in [5, 5.41) is 10.6. The smallest absolute Gasteiger partial charge is 0.278 e. The molecule has 0 saturated carbocycles.